The van der Waals surface area contributed by atoms with Gasteiger partial charge in [0.05, 0.1) is 30.6 Å². The predicted molar refractivity (Wildman–Crippen MR) is 144 cm³/mol. The van der Waals surface area contributed by atoms with Crippen LogP contribution in [-0.4, -0.2) is 85.4 Å². The Morgan fingerprint density at radius 2 is 1.85 bits per heavy atom. The Bertz CT molecular complexity index is 1010. The molecule has 10 heteroatoms. The molecule has 9 nitrogen and oxygen atoms in total. The normalized spacial score (nSPS) is 24.7. The van der Waals surface area contributed by atoms with Crippen molar-refractivity contribution in [3.8, 4) is 0 Å². The second-order valence-electron chi connectivity index (χ2n) is 11.0. The first kappa shape index (κ1) is 31.0. The van der Waals surface area contributed by atoms with Crippen molar-refractivity contribution in [1.29, 1.82) is 0 Å². The van der Waals surface area contributed by atoms with E-state index < -0.39 is 35.8 Å². The topological polar surface area (TPSA) is 117 Å². The lowest BCUT2D eigenvalue weighted by molar-refractivity contribution is -0.146. The number of hydrogen-bond acceptors (Lipinski definition) is 6. The van der Waals surface area contributed by atoms with Crippen LogP contribution in [0.1, 0.15) is 52.0 Å². The Balaban J connectivity index is 1.72. The van der Waals surface area contributed by atoms with Crippen LogP contribution in [0.3, 0.4) is 0 Å². The number of piperidine rings is 1. The lowest BCUT2D eigenvalue weighted by atomic mass is 9.91. The highest BCUT2D eigenvalue weighted by atomic mass is 19.1. The van der Waals surface area contributed by atoms with Gasteiger partial charge in [-0.1, -0.05) is 45.4 Å². The number of likely N-dealkylation sites (tertiary alicyclic amines) is 1. The molecule has 1 heterocycles. The van der Waals surface area contributed by atoms with E-state index in [0.29, 0.717) is 11.8 Å². The summed E-state index contributed by atoms with van der Waals surface area (Å²) in [5, 5.41) is 15.6. The van der Waals surface area contributed by atoms with Crippen LogP contribution in [0.2, 0.25) is 0 Å². The number of likely N-dealkylation sites (N-methyl/N-ethyl adjacent to an activating group) is 1. The minimum atomic E-state index is -1.30. The number of nitrogens with one attached hydrogen (secondary N) is 2. The Morgan fingerprint density at radius 1 is 1.15 bits per heavy atom. The minimum Gasteiger partial charge on any atom is -0.480 e. The monoisotopic (exact) mass is 549 g/mol. The number of fused-ring (bicyclic) bond motifs is 1. The van der Waals surface area contributed by atoms with Gasteiger partial charge in [-0.25, -0.2) is 9.18 Å². The molecule has 39 heavy (non-hydrogen) atoms. The highest BCUT2D eigenvalue weighted by Gasteiger charge is 2.57. The molecule has 218 valence electrons. The number of aliphatic carboxylic acids is 1. The minimum absolute atomic E-state index is 0.0188. The zero-order valence-corrected chi connectivity index (χ0v) is 23.9. The first-order valence-electron chi connectivity index (χ1n) is 13.9. The van der Waals surface area contributed by atoms with Crippen molar-refractivity contribution in [3.05, 3.63) is 35.6 Å². The standard InChI is InChI=1S/C29H44FN3O6/c1-7-16(2)26(31-4)24(38-5)15-25(34)33-22-13-19(22)14-23(33)27(39-6)17(3)28(35)32-21(29(36)37)12-18-10-8-9-11-20(18)30/h8-11,16-17,19,21-24,26-27,31H,7,12-15H2,1-6H3,(H,32,35)(H,36,37). The zero-order valence-electron chi connectivity index (χ0n) is 23.9. The highest BCUT2D eigenvalue weighted by molar-refractivity contribution is 5.85. The van der Waals surface area contributed by atoms with E-state index in [1.807, 2.05) is 11.9 Å². The quantitative estimate of drug-likeness (QED) is 0.308. The third-order valence-electron chi connectivity index (χ3n) is 8.66. The average molecular weight is 550 g/mol. The van der Waals surface area contributed by atoms with Gasteiger partial charge < -0.3 is 30.1 Å². The van der Waals surface area contributed by atoms with E-state index in [1.165, 1.54) is 25.3 Å². The van der Waals surface area contributed by atoms with Gasteiger partial charge in [0.1, 0.15) is 11.9 Å². The second kappa shape index (κ2) is 13.7. The van der Waals surface area contributed by atoms with Gasteiger partial charge in [-0.05, 0) is 43.4 Å². The highest BCUT2D eigenvalue weighted by Crippen LogP contribution is 2.50. The summed E-state index contributed by atoms with van der Waals surface area (Å²) < 4.78 is 25.7. The van der Waals surface area contributed by atoms with Crippen molar-refractivity contribution in [3.63, 3.8) is 0 Å². The van der Waals surface area contributed by atoms with Gasteiger partial charge >= 0.3 is 5.97 Å². The molecular formula is C29H44FN3O6. The zero-order chi connectivity index (χ0) is 28.9. The van der Waals surface area contributed by atoms with Crippen molar-refractivity contribution >= 4 is 17.8 Å². The first-order valence-corrected chi connectivity index (χ1v) is 13.9. The molecule has 1 aromatic rings. The Morgan fingerprint density at radius 3 is 2.41 bits per heavy atom. The molecule has 0 spiro atoms. The van der Waals surface area contributed by atoms with Crippen molar-refractivity contribution in [2.45, 2.75) is 89.3 Å². The Labute approximate surface area is 230 Å². The van der Waals surface area contributed by atoms with E-state index in [4.69, 9.17) is 9.47 Å². The molecule has 2 aliphatic rings. The Hall–Kier alpha value is -2.56. The van der Waals surface area contributed by atoms with Crippen LogP contribution >= 0.6 is 0 Å². The van der Waals surface area contributed by atoms with E-state index in [0.717, 1.165) is 19.3 Å². The fourth-order valence-corrected chi connectivity index (χ4v) is 6.11. The molecule has 9 atom stereocenters. The summed E-state index contributed by atoms with van der Waals surface area (Å²) in [6, 6.07) is 4.43. The van der Waals surface area contributed by atoms with E-state index in [9.17, 15) is 23.9 Å². The van der Waals surface area contributed by atoms with Gasteiger partial charge in [0.2, 0.25) is 11.8 Å². The lowest BCUT2D eigenvalue weighted by Crippen LogP contribution is -2.54. The van der Waals surface area contributed by atoms with Crippen LogP contribution in [0.15, 0.2) is 24.3 Å². The smallest absolute Gasteiger partial charge is 0.326 e. The van der Waals surface area contributed by atoms with Crippen LogP contribution in [0.5, 0.6) is 0 Å². The molecule has 1 aliphatic heterocycles. The maximum Gasteiger partial charge on any atom is 0.326 e. The number of carboxylic acids is 1. The molecule has 0 radical (unpaired) electrons. The number of benzene rings is 1. The van der Waals surface area contributed by atoms with Crippen LogP contribution < -0.4 is 10.6 Å². The third-order valence-corrected chi connectivity index (χ3v) is 8.66. The maximum atomic E-state index is 14.1. The molecule has 9 unspecified atom stereocenters. The number of carbonyl (C=O) groups is 3. The first-order chi connectivity index (χ1) is 18.6. The van der Waals surface area contributed by atoms with Crippen LogP contribution in [0, 0.1) is 23.6 Å². The number of ether oxygens (including phenoxy) is 2. The molecule has 1 saturated heterocycles. The van der Waals surface area contributed by atoms with Gasteiger partial charge in [-0.2, -0.15) is 0 Å². The number of methoxy groups -OCH3 is 2. The summed E-state index contributed by atoms with van der Waals surface area (Å²) in [7, 11) is 5.00. The van der Waals surface area contributed by atoms with Crippen LogP contribution in [-0.2, 0) is 30.3 Å². The van der Waals surface area contributed by atoms with E-state index >= 15 is 0 Å². The van der Waals surface area contributed by atoms with Crippen molar-refractivity contribution in [2.75, 3.05) is 21.3 Å². The fraction of sp³-hybridized carbons (Fsp3) is 0.690. The maximum absolute atomic E-state index is 14.1. The van der Waals surface area contributed by atoms with Gasteiger partial charge in [0.25, 0.3) is 0 Å². The molecule has 0 bridgehead atoms. The SMILES string of the molecule is CCC(C)C(NC)C(CC(=O)N1C2CC2CC1C(OC)C(C)C(=O)NC(Cc1ccccc1F)C(=O)O)OC. The number of nitrogens with zero attached hydrogens (tertiary/aromatic N) is 1. The number of carbonyl (C=O) groups excluding carboxylic acids is 2. The lowest BCUT2D eigenvalue weighted by Gasteiger charge is -2.37. The molecule has 2 amide bonds. The van der Waals surface area contributed by atoms with Gasteiger partial charge in [-0.15, -0.1) is 0 Å². The molecule has 1 saturated carbocycles. The summed E-state index contributed by atoms with van der Waals surface area (Å²) in [4.78, 5) is 40.7. The predicted octanol–water partition coefficient (Wildman–Crippen LogP) is 2.62. The average Bonchev–Trinajstić information content (AvgIpc) is 3.58. The second-order valence-corrected chi connectivity index (χ2v) is 11.0. The molecule has 1 aliphatic carbocycles. The summed E-state index contributed by atoms with van der Waals surface area (Å²) in [6.45, 7) is 5.91. The van der Waals surface area contributed by atoms with Crippen LogP contribution in [0.4, 0.5) is 4.39 Å². The summed E-state index contributed by atoms with van der Waals surface area (Å²) in [5.41, 5.74) is 0.207. The van der Waals surface area contributed by atoms with Gasteiger partial charge in [0.15, 0.2) is 0 Å². The van der Waals surface area contributed by atoms with Gasteiger partial charge in [0, 0.05) is 32.7 Å². The molecule has 3 rings (SSSR count). The van der Waals surface area contributed by atoms with Crippen molar-refractivity contribution in [2.24, 2.45) is 17.8 Å². The molecule has 2 fully saturated rings. The van der Waals surface area contributed by atoms with Gasteiger partial charge in [-0.3, -0.25) is 9.59 Å². The molecular weight excluding hydrogens is 505 g/mol. The number of amides is 2. The number of rotatable bonds is 15. The molecule has 1 aromatic carbocycles. The summed E-state index contributed by atoms with van der Waals surface area (Å²) in [6.07, 6.45) is 1.71. The van der Waals surface area contributed by atoms with E-state index in [-0.39, 0.29) is 48.5 Å². The summed E-state index contributed by atoms with van der Waals surface area (Å²) in [5.74, 6) is -2.37. The Kier molecular flexibility index (Phi) is 10.9. The summed E-state index contributed by atoms with van der Waals surface area (Å²) >= 11 is 0. The fourth-order valence-electron chi connectivity index (χ4n) is 6.11. The largest absolute Gasteiger partial charge is 0.480 e. The third kappa shape index (κ3) is 7.15. The van der Waals surface area contributed by atoms with Crippen molar-refractivity contribution in [1.82, 2.24) is 15.5 Å². The molecule has 3 N–H and O–H groups in total. The van der Waals surface area contributed by atoms with Crippen molar-refractivity contribution < 1.29 is 33.4 Å². The number of halogens is 1. The van der Waals surface area contributed by atoms with Crippen LogP contribution in [0.25, 0.3) is 0 Å². The number of hydrogen-bond donors (Lipinski definition) is 3. The van der Waals surface area contributed by atoms with E-state index in [1.54, 1.807) is 20.1 Å². The number of carboxylic acid groups (broad SMARTS) is 1. The molecule has 0 aromatic heterocycles. The van der Waals surface area contributed by atoms with E-state index in [2.05, 4.69) is 24.5 Å².